The summed E-state index contributed by atoms with van der Waals surface area (Å²) in [7, 11) is 0. The lowest BCUT2D eigenvalue weighted by atomic mass is 9.85. The fourth-order valence-corrected chi connectivity index (χ4v) is 9.21. The van der Waals surface area contributed by atoms with E-state index in [-0.39, 0.29) is 0 Å². The van der Waals surface area contributed by atoms with Gasteiger partial charge in [-0.05, 0) is 140 Å². The van der Waals surface area contributed by atoms with E-state index in [9.17, 15) is 0 Å². The minimum Gasteiger partial charge on any atom is -0.311 e. The summed E-state index contributed by atoms with van der Waals surface area (Å²) in [4.78, 5) is 4.72. The molecule has 1 aliphatic rings. The number of hydrogen-bond acceptors (Lipinski definition) is 2. The van der Waals surface area contributed by atoms with Gasteiger partial charge in [0, 0.05) is 40.0 Å². The Balaban J connectivity index is 0.907. The lowest BCUT2D eigenvalue weighted by molar-refractivity contribution is 0.867. The van der Waals surface area contributed by atoms with E-state index in [0.29, 0.717) is 5.92 Å². The number of benzene rings is 10. The van der Waals surface area contributed by atoms with Gasteiger partial charge in [0.2, 0.25) is 0 Å². The molecule has 1 unspecified atom stereocenters. The Morgan fingerprint density at radius 2 is 0.656 bits per heavy atom. The summed E-state index contributed by atoms with van der Waals surface area (Å²) in [5.41, 5.74) is 15.4. The molecule has 10 aromatic carbocycles. The Morgan fingerprint density at radius 3 is 1.12 bits per heavy atom. The second-order valence-electron chi connectivity index (χ2n) is 16.6. The van der Waals surface area contributed by atoms with Crippen LogP contribution in [0.15, 0.2) is 261 Å². The third kappa shape index (κ3) is 7.90. The average molecular weight is 819 g/mol. The maximum Gasteiger partial charge on any atom is 0.0468 e. The Bertz CT molecular complexity index is 3180. The molecule has 0 amide bonds. The molecule has 0 aromatic heterocycles. The Labute approximate surface area is 376 Å². The van der Waals surface area contributed by atoms with Crippen molar-refractivity contribution in [1.82, 2.24) is 0 Å². The van der Waals surface area contributed by atoms with Crippen LogP contribution >= 0.6 is 0 Å². The normalized spacial score (nSPS) is 13.4. The van der Waals surface area contributed by atoms with Crippen molar-refractivity contribution >= 4 is 61.2 Å². The standard InChI is InChI=1S/C62H46N2/c1-3-12-45(13-4-1)49-22-32-57(33-23-49)63(59-38-28-52(29-39-59)54-21-11-20-53(42-54)46-14-5-2-6-15-46)58-34-24-50(25-35-58)51-26-36-60(37-27-51)64(61-40-30-47-16-7-9-18-55(47)43-61)62-41-31-48-17-8-10-19-56(48)44-62/h1-41,43-44,53H,42H2. The van der Waals surface area contributed by atoms with E-state index in [1.54, 1.807) is 0 Å². The van der Waals surface area contributed by atoms with Crippen LogP contribution in [0.4, 0.5) is 34.1 Å². The van der Waals surface area contributed by atoms with Crippen LogP contribution in [0.5, 0.6) is 0 Å². The Kier molecular flexibility index (Phi) is 10.5. The largest absolute Gasteiger partial charge is 0.311 e. The second-order valence-corrected chi connectivity index (χ2v) is 16.6. The van der Waals surface area contributed by atoms with Gasteiger partial charge < -0.3 is 9.80 Å². The number of anilines is 6. The molecule has 64 heavy (non-hydrogen) atoms. The molecule has 11 rings (SSSR count). The molecule has 0 bridgehead atoms. The number of hydrogen-bond donors (Lipinski definition) is 0. The van der Waals surface area contributed by atoms with E-state index < -0.39 is 0 Å². The summed E-state index contributed by atoms with van der Waals surface area (Å²) < 4.78 is 0. The molecule has 0 N–H and O–H groups in total. The topological polar surface area (TPSA) is 6.48 Å². The third-order valence-corrected chi connectivity index (χ3v) is 12.6. The maximum atomic E-state index is 2.36. The molecule has 0 saturated heterocycles. The SMILES string of the molecule is C1=CC(c2ccccc2)CC(c2ccc(N(c3ccc(-c4ccccc4)cc3)c3ccc(-c4ccc(N(c5ccc6ccccc6c5)c5ccc6ccccc6c5)cc4)cc3)cc2)=C1. The highest BCUT2D eigenvalue weighted by molar-refractivity contribution is 5.93. The number of allylic oxidation sites excluding steroid dienone is 4. The zero-order valence-electron chi connectivity index (χ0n) is 35.5. The average Bonchev–Trinajstić information content (AvgIpc) is 3.38. The van der Waals surface area contributed by atoms with E-state index >= 15 is 0 Å². The molecule has 0 heterocycles. The molecule has 1 atom stereocenters. The van der Waals surface area contributed by atoms with E-state index in [0.717, 1.165) is 40.5 Å². The molecule has 2 nitrogen and oxygen atoms in total. The van der Waals surface area contributed by atoms with E-state index in [4.69, 9.17) is 0 Å². The molecule has 0 aliphatic heterocycles. The van der Waals surface area contributed by atoms with Crippen LogP contribution in [0.2, 0.25) is 0 Å². The first-order chi connectivity index (χ1) is 31.7. The van der Waals surface area contributed by atoms with Crippen molar-refractivity contribution in [3.63, 3.8) is 0 Å². The van der Waals surface area contributed by atoms with Gasteiger partial charge in [-0.3, -0.25) is 0 Å². The zero-order chi connectivity index (χ0) is 42.7. The van der Waals surface area contributed by atoms with E-state index in [1.807, 2.05) is 0 Å². The van der Waals surface area contributed by atoms with Gasteiger partial charge in [-0.2, -0.15) is 0 Å². The lowest BCUT2D eigenvalue weighted by Crippen LogP contribution is -2.10. The summed E-state index contributed by atoms with van der Waals surface area (Å²) >= 11 is 0. The van der Waals surface area contributed by atoms with Crippen molar-refractivity contribution in [2.24, 2.45) is 0 Å². The first kappa shape index (κ1) is 38.7. The number of nitrogens with zero attached hydrogens (tertiary/aromatic N) is 2. The first-order valence-electron chi connectivity index (χ1n) is 22.2. The summed E-state index contributed by atoms with van der Waals surface area (Å²) in [5, 5.41) is 4.90. The van der Waals surface area contributed by atoms with Crippen LogP contribution in [0.25, 0.3) is 49.4 Å². The Hall–Kier alpha value is -8.20. The molecule has 0 spiro atoms. The first-order valence-corrected chi connectivity index (χ1v) is 22.2. The molecule has 1 aliphatic carbocycles. The highest BCUT2D eigenvalue weighted by atomic mass is 15.1. The molecule has 304 valence electrons. The minimum atomic E-state index is 0.378. The van der Waals surface area contributed by atoms with Crippen molar-refractivity contribution in [1.29, 1.82) is 0 Å². The van der Waals surface area contributed by atoms with Crippen LogP contribution < -0.4 is 9.80 Å². The van der Waals surface area contributed by atoms with Crippen LogP contribution in [-0.2, 0) is 0 Å². The van der Waals surface area contributed by atoms with E-state index in [2.05, 4.69) is 271 Å². The molecule has 0 saturated carbocycles. The monoisotopic (exact) mass is 818 g/mol. The van der Waals surface area contributed by atoms with Crippen molar-refractivity contribution in [3.8, 4) is 22.3 Å². The van der Waals surface area contributed by atoms with Gasteiger partial charge in [-0.15, -0.1) is 0 Å². The van der Waals surface area contributed by atoms with Gasteiger partial charge in [-0.25, -0.2) is 0 Å². The van der Waals surface area contributed by atoms with Crippen molar-refractivity contribution < 1.29 is 0 Å². The third-order valence-electron chi connectivity index (χ3n) is 12.6. The minimum absolute atomic E-state index is 0.378. The highest BCUT2D eigenvalue weighted by Crippen LogP contribution is 2.41. The quantitative estimate of drug-likeness (QED) is 0.136. The fraction of sp³-hybridized carbons (Fsp3) is 0.0323. The molecular formula is C62H46N2. The van der Waals surface area contributed by atoms with Gasteiger partial charge in [-0.1, -0.05) is 188 Å². The van der Waals surface area contributed by atoms with E-state index in [1.165, 1.54) is 60.5 Å². The molecule has 0 fully saturated rings. The van der Waals surface area contributed by atoms with Crippen molar-refractivity contribution in [2.45, 2.75) is 12.3 Å². The summed E-state index contributed by atoms with van der Waals surface area (Å²) in [5.74, 6) is 0.378. The summed E-state index contributed by atoms with van der Waals surface area (Å²) in [6.07, 6.45) is 7.78. The smallest absolute Gasteiger partial charge is 0.0468 e. The molecular weight excluding hydrogens is 773 g/mol. The van der Waals surface area contributed by atoms with Gasteiger partial charge in [0.25, 0.3) is 0 Å². The molecule has 10 aromatic rings. The van der Waals surface area contributed by atoms with Gasteiger partial charge in [0.1, 0.15) is 0 Å². The molecule has 2 heteroatoms. The van der Waals surface area contributed by atoms with Crippen molar-refractivity contribution in [2.75, 3.05) is 9.80 Å². The maximum absolute atomic E-state index is 2.36. The van der Waals surface area contributed by atoms with Gasteiger partial charge in [0.15, 0.2) is 0 Å². The van der Waals surface area contributed by atoms with Crippen LogP contribution in [0, 0.1) is 0 Å². The van der Waals surface area contributed by atoms with Gasteiger partial charge >= 0.3 is 0 Å². The second kappa shape index (κ2) is 17.3. The van der Waals surface area contributed by atoms with Crippen LogP contribution in [-0.4, -0.2) is 0 Å². The highest BCUT2D eigenvalue weighted by Gasteiger charge is 2.18. The number of rotatable bonds is 10. The predicted molar refractivity (Wildman–Crippen MR) is 273 cm³/mol. The molecule has 0 radical (unpaired) electrons. The zero-order valence-corrected chi connectivity index (χ0v) is 35.5. The lowest BCUT2D eigenvalue weighted by Gasteiger charge is -2.27. The number of fused-ring (bicyclic) bond motifs is 2. The van der Waals surface area contributed by atoms with Crippen LogP contribution in [0.1, 0.15) is 23.5 Å². The summed E-state index contributed by atoms with van der Waals surface area (Å²) in [6.45, 7) is 0. The predicted octanol–water partition coefficient (Wildman–Crippen LogP) is 17.4. The van der Waals surface area contributed by atoms with Gasteiger partial charge in [0.05, 0.1) is 0 Å². The fourth-order valence-electron chi connectivity index (χ4n) is 9.21. The Morgan fingerprint density at radius 1 is 0.297 bits per heavy atom. The summed E-state index contributed by atoms with van der Waals surface area (Å²) in [6, 6.07) is 88.0. The van der Waals surface area contributed by atoms with Crippen molar-refractivity contribution in [3.05, 3.63) is 272 Å². The van der Waals surface area contributed by atoms with Crippen LogP contribution in [0.3, 0.4) is 0 Å².